The van der Waals surface area contributed by atoms with Crippen LogP contribution in [0, 0.1) is 11.8 Å². The van der Waals surface area contributed by atoms with Crippen molar-refractivity contribution in [2.75, 3.05) is 13.2 Å². The summed E-state index contributed by atoms with van der Waals surface area (Å²) in [5, 5.41) is 0. The predicted molar refractivity (Wildman–Crippen MR) is 165 cm³/mol. The quantitative estimate of drug-likeness (QED) is 0.0800. The van der Waals surface area contributed by atoms with Crippen molar-refractivity contribution in [3.63, 3.8) is 0 Å². The fourth-order valence-electron chi connectivity index (χ4n) is 6.63. The van der Waals surface area contributed by atoms with Crippen LogP contribution in [0.15, 0.2) is 12.2 Å². The lowest BCUT2D eigenvalue weighted by Gasteiger charge is -2.31. The van der Waals surface area contributed by atoms with Gasteiger partial charge in [-0.25, -0.2) is 0 Å². The predicted octanol–water partition coefficient (Wildman–Crippen LogP) is 8.22. The van der Waals surface area contributed by atoms with E-state index in [4.69, 9.17) is 23.7 Å². The summed E-state index contributed by atoms with van der Waals surface area (Å²) in [5.74, 6) is 0.735. The molecule has 1 aliphatic carbocycles. The van der Waals surface area contributed by atoms with E-state index in [0.29, 0.717) is 25.0 Å². The monoisotopic (exact) mass is 592 g/mol. The van der Waals surface area contributed by atoms with Gasteiger partial charge < -0.3 is 23.7 Å². The molecule has 7 heteroatoms. The van der Waals surface area contributed by atoms with Gasteiger partial charge in [0.15, 0.2) is 12.6 Å². The van der Waals surface area contributed by atoms with E-state index in [1.807, 2.05) is 13.8 Å². The second kappa shape index (κ2) is 20.6. The van der Waals surface area contributed by atoms with Crippen molar-refractivity contribution in [1.82, 2.24) is 0 Å². The molecule has 0 aromatic rings. The first-order chi connectivity index (χ1) is 20.5. The Morgan fingerprint density at radius 3 is 2.07 bits per heavy atom. The van der Waals surface area contributed by atoms with Gasteiger partial charge in [-0.1, -0.05) is 44.8 Å². The van der Waals surface area contributed by atoms with Gasteiger partial charge in [-0.05, 0) is 96.3 Å². The summed E-state index contributed by atoms with van der Waals surface area (Å²) in [5.41, 5.74) is 0. The van der Waals surface area contributed by atoms with Gasteiger partial charge in [0.05, 0.1) is 18.3 Å². The molecule has 0 aromatic carbocycles. The zero-order chi connectivity index (χ0) is 30.0. The maximum Gasteiger partial charge on any atom is 0.306 e. The van der Waals surface area contributed by atoms with Gasteiger partial charge in [-0.15, -0.1) is 0 Å². The Kier molecular flexibility index (Phi) is 17.3. The fourth-order valence-corrected chi connectivity index (χ4v) is 6.63. The molecule has 0 bridgehead atoms. The molecule has 7 nitrogen and oxygen atoms in total. The standard InChI is InChI=1S/C35H60O7/c1-4-5-6-7-10-17-28(36)22-23-30-29(18-11-8-9-12-19-33(37)40-27(2)3)31(41-34-20-13-15-24-38-34)26-32(30)42-35-21-14-16-25-39-35/h8,11,27,29-32,34-35H,4-7,9-10,12-26H2,1-3H3/b11-8-/t29-,30-,31+,32+,34?,35?/m1/s1. The summed E-state index contributed by atoms with van der Waals surface area (Å²) in [6, 6.07) is 0. The number of hydrogen-bond acceptors (Lipinski definition) is 7. The molecule has 0 N–H and O–H groups in total. The Morgan fingerprint density at radius 2 is 1.45 bits per heavy atom. The molecule has 2 aliphatic heterocycles. The Hall–Kier alpha value is -1.28. The second-order valence-corrected chi connectivity index (χ2v) is 12.9. The fraction of sp³-hybridized carbons (Fsp3) is 0.886. The molecule has 3 rings (SSSR count). The number of rotatable bonds is 20. The van der Waals surface area contributed by atoms with Gasteiger partial charge in [-0.3, -0.25) is 9.59 Å². The van der Waals surface area contributed by atoms with Crippen LogP contribution in [0.3, 0.4) is 0 Å². The number of allylic oxidation sites excluding steroid dienone is 2. The van der Waals surface area contributed by atoms with Gasteiger partial charge in [0, 0.05) is 38.9 Å². The minimum Gasteiger partial charge on any atom is -0.463 e. The average molecular weight is 593 g/mol. The zero-order valence-corrected chi connectivity index (χ0v) is 26.9. The molecule has 2 heterocycles. The van der Waals surface area contributed by atoms with Gasteiger partial charge >= 0.3 is 5.97 Å². The van der Waals surface area contributed by atoms with Crippen molar-refractivity contribution >= 4 is 11.8 Å². The van der Waals surface area contributed by atoms with Crippen molar-refractivity contribution in [2.24, 2.45) is 11.8 Å². The Morgan fingerprint density at radius 1 is 0.786 bits per heavy atom. The maximum atomic E-state index is 12.9. The molecule has 1 saturated carbocycles. The number of Topliss-reactive ketones (excluding diaryl/α,β-unsaturated/α-hetero) is 1. The average Bonchev–Trinajstić information content (AvgIpc) is 3.29. The van der Waals surface area contributed by atoms with E-state index in [-0.39, 0.29) is 48.7 Å². The number of ether oxygens (including phenoxy) is 5. The first-order valence-corrected chi connectivity index (χ1v) is 17.4. The largest absolute Gasteiger partial charge is 0.463 e. The highest BCUT2D eigenvalue weighted by atomic mass is 16.7. The number of hydrogen-bond donors (Lipinski definition) is 0. The first kappa shape index (κ1) is 35.2. The van der Waals surface area contributed by atoms with Gasteiger partial charge in [0.1, 0.15) is 5.78 Å². The molecule has 0 aromatic heterocycles. The molecule has 242 valence electrons. The third kappa shape index (κ3) is 13.6. The van der Waals surface area contributed by atoms with Crippen LogP contribution in [0.25, 0.3) is 0 Å². The molecular formula is C35H60O7. The smallest absolute Gasteiger partial charge is 0.306 e. The molecule has 42 heavy (non-hydrogen) atoms. The lowest BCUT2D eigenvalue weighted by atomic mass is 9.85. The van der Waals surface area contributed by atoms with Crippen molar-refractivity contribution < 1.29 is 33.3 Å². The summed E-state index contributed by atoms with van der Waals surface area (Å²) in [4.78, 5) is 24.8. The Labute approximate surface area is 255 Å². The molecule has 2 saturated heterocycles. The summed E-state index contributed by atoms with van der Waals surface area (Å²) in [6.45, 7) is 7.49. The van der Waals surface area contributed by atoms with Crippen LogP contribution in [-0.4, -0.2) is 55.9 Å². The minimum absolute atomic E-state index is 0.0169. The highest BCUT2D eigenvalue weighted by molar-refractivity contribution is 5.78. The molecule has 0 radical (unpaired) electrons. The van der Waals surface area contributed by atoms with Crippen molar-refractivity contribution in [1.29, 1.82) is 0 Å². The Bertz CT molecular complexity index is 769. The number of ketones is 1. The van der Waals surface area contributed by atoms with Crippen LogP contribution >= 0.6 is 0 Å². The number of esters is 1. The molecular weight excluding hydrogens is 532 g/mol. The molecule has 3 fully saturated rings. The van der Waals surface area contributed by atoms with Crippen LogP contribution in [0.4, 0.5) is 0 Å². The SMILES string of the molecule is CCCCCCCC(=O)CC[C@@H]1[C@@H](C/C=C\CCCC(=O)OC(C)C)[C@@H](OC2CCCCO2)C[C@@H]1OC1CCCCO1. The van der Waals surface area contributed by atoms with Gasteiger partial charge in [0.25, 0.3) is 0 Å². The minimum atomic E-state index is -0.160. The molecule has 0 spiro atoms. The lowest BCUT2D eigenvalue weighted by molar-refractivity contribution is -0.204. The van der Waals surface area contributed by atoms with Crippen molar-refractivity contribution in [3.05, 3.63) is 12.2 Å². The van der Waals surface area contributed by atoms with E-state index >= 15 is 0 Å². The highest BCUT2D eigenvalue weighted by Crippen LogP contribution is 2.43. The summed E-state index contributed by atoms with van der Waals surface area (Å²) in [7, 11) is 0. The van der Waals surface area contributed by atoms with E-state index in [9.17, 15) is 9.59 Å². The molecule has 0 amide bonds. The lowest BCUT2D eigenvalue weighted by Crippen LogP contribution is -2.32. The van der Waals surface area contributed by atoms with Crippen LogP contribution in [-0.2, 0) is 33.3 Å². The summed E-state index contributed by atoms with van der Waals surface area (Å²) >= 11 is 0. The number of unbranched alkanes of at least 4 members (excludes halogenated alkanes) is 5. The van der Waals surface area contributed by atoms with Crippen LogP contribution in [0.5, 0.6) is 0 Å². The van der Waals surface area contributed by atoms with E-state index < -0.39 is 0 Å². The first-order valence-electron chi connectivity index (χ1n) is 17.4. The molecule has 2 unspecified atom stereocenters. The van der Waals surface area contributed by atoms with E-state index in [2.05, 4.69) is 19.1 Å². The topological polar surface area (TPSA) is 80.3 Å². The normalized spacial score (nSPS) is 28.5. The number of carbonyl (C=O) groups excluding carboxylic acids is 2. The van der Waals surface area contributed by atoms with Crippen LogP contribution < -0.4 is 0 Å². The highest BCUT2D eigenvalue weighted by Gasteiger charge is 2.46. The van der Waals surface area contributed by atoms with Crippen molar-refractivity contribution in [2.45, 2.75) is 174 Å². The van der Waals surface area contributed by atoms with Gasteiger partial charge in [0.2, 0.25) is 0 Å². The van der Waals surface area contributed by atoms with E-state index in [1.165, 1.54) is 19.3 Å². The zero-order valence-electron chi connectivity index (χ0n) is 26.9. The summed E-state index contributed by atoms with van der Waals surface area (Å²) in [6.07, 6.45) is 22.1. The molecule has 3 aliphatic rings. The van der Waals surface area contributed by atoms with Crippen molar-refractivity contribution in [3.8, 4) is 0 Å². The third-order valence-electron chi connectivity index (χ3n) is 8.91. The van der Waals surface area contributed by atoms with E-state index in [1.54, 1.807) is 0 Å². The Balaban J connectivity index is 1.62. The summed E-state index contributed by atoms with van der Waals surface area (Å²) < 4.78 is 30.5. The maximum absolute atomic E-state index is 12.9. The third-order valence-corrected chi connectivity index (χ3v) is 8.91. The second-order valence-electron chi connectivity index (χ2n) is 12.9. The van der Waals surface area contributed by atoms with Crippen LogP contribution in [0.1, 0.15) is 143 Å². The van der Waals surface area contributed by atoms with Gasteiger partial charge in [-0.2, -0.15) is 0 Å². The molecule has 6 atom stereocenters. The number of carbonyl (C=O) groups is 2. The van der Waals surface area contributed by atoms with Crippen LogP contribution in [0.2, 0.25) is 0 Å². The van der Waals surface area contributed by atoms with E-state index in [0.717, 1.165) is 96.7 Å².